The molecule has 0 amide bonds. The number of anilines is 4. The predicted octanol–water partition coefficient (Wildman–Crippen LogP) is 5.94. The van der Waals surface area contributed by atoms with E-state index >= 15 is 0 Å². The molecule has 5 nitrogen and oxygen atoms in total. The Balaban J connectivity index is 1.61. The van der Waals surface area contributed by atoms with Crippen molar-refractivity contribution < 1.29 is 4.79 Å². The van der Waals surface area contributed by atoms with E-state index in [1.165, 1.54) is 11.3 Å². The van der Waals surface area contributed by atoms with Crippen molar-refractivity contribution >= 4 is 71.8 Å². The lowest BCUT2D eigenvalue weighted by Gasteiger charge is -2.12. The number of fused-ring (bicyclic) bond motifs is 1. The fourth-order valence-electron chi connectivity index (χ4n) is 3.00. The third kappa shape index (κ3) is 3.81. The molecule has 148 valence electrons. The van der Waals surface area contributed by atoms with E-state index in [2.05, 4.69) is 10.3 Å². The van der Waals surface area contributed by atoms with Gasteiger partial charge in [0, 0.05) is 35.1 Å². The van der Waals surface area contributed by atoms with Crippen LogP contribution in [0.4, 0.5) is 21.6 Å². The summed E-state index contributed by atoms with van der Waals surface area (Å²) in [6, 6.07) is 13.3. The largest absolute Gasteiger partial charge is 0.382 e. The minimum Gasteiger partial charge on any atom is -0.382 e. The Morgan fingerprint density at radius 3 is 2.55 bits per heavy atom. The first-order valence-electron chi connectivity index (χ1n) is 8.87. The van der Waals surface area contributed by atoms with Gasteiger partial charge in [-0.25, -0.2) is 4.98 Å². The Morgan fingerprint density at radius 2 is 1.86 bits per heavy atom. The third-order valence-corrected chi connectivity index (χ3v) is 7.03. The SMILES string of the molecule is Cc1c(Nc2nc(N)c(C(=O)c3ccc(N(C)C)cc3)s2)sc2ccc(Cl)cc12. The van der Waals surface area contributed by atoms with Crippen LogP contribution < -0.4 is 16.0 Å². The molecule has 0 fully saturated rings. The van der Waals surface area contributed by atoms with Gasteiger partial charge in [0.15, 0.2) is 5.13 Å². The van der Waals surface area contributed by atoms with Gasteiger partial charge in [-0.1, -0.05) is 22.9 Å². The average Bonchev–Trinajstić information content (AvgIpc) is 3.21. The number of halogens is 1. The molecular weight excluding hydrogens is 424 g/mol. The molecule has 0 radical (unpaired) electrons. The Bertz CT molecular complexity index is 1210. The first-order chi connectivity index (χ1) is 13.8. The summed E-state index contributed by atoms with van der Waals surface area (Å²) >= 11 is 9.00. The van der Waals surface area contributed by atoms with Gasteiger partial charge in [0.1, 0.15) is 10.7 Å². The van der Waals surface area contributed by atoms with E-state index in [4.69, 9.17) is 17.3 Å². The molecule has 4 rings (SSSR count). The Morgan fingerprint density at radius 1 is 1.14 bits per heavy atom. The van der Waals surface area contributed by atoms with Gasteiger partial charge in [-0.2, -0.15) is 0 Å². The molecule has 2 heterocycles. The van der Waals surface area contributed by atoms with Gasteiger partial charge in [-0.3, -0.25) is 4.79 Å². The van der Waals surface area contributed by atoms with Gasteiger partial charge >= 0.3 is 0 Å². The molecule has 0 aliphatic heterocycles. The van der Waals surface area contributed by atoms with Crippen molar-refractivity contribution in [2.75, 3.05) is 30.0 Å². The normalized spacial score (nSPS) is 11.0. The van der Waals surface area contributed by atoms with Crippen molar-refractivity contribution in [3.8, 4) is 0 Å². The lowest BCUT2D eigenvalue weighted by molar-refractivity contribution is 0.104. The van der Waals surface area contributed by atoms with E-state index in [9.17, 15) is 4.79 Å². The Kier molecular flexibility index (Phi) is 5.21. The number of carbonyl (C=O) groups is 1. The molecule has 0 bridgehead atoms. The van der Waals surface area contributed by atoms with Crippen LogP contribution >= 0.6 is 34.3 Å². The second-order valence-corrected chi connectivity index (χ2v) is 9.31. The van der Waals surface area contributed by atoms with Crippen molar-refractivity contribution in [3.63, 3.8) is 0 Å². The van der Waals surface area contributed by atoms with E-state index in [1.807, 2.05) is 68.4 Å². The van der Waals surface area contributed by atoms with Crippen LogP contribution in [-0.4, -0.2) is 24.9 Å². The molecule has 29 heavy (non-hydrogen) atoms. The van der Waals surface area contributed by atoms with Gasteiger partial charge in [-0.05, 0) is 60.3 Å². The number of nitrogen functional groups attached to an aromatic ring is 1. The maximum Gasteiger partial charge on any atom is 0.206 e. The van der Waals surface area contributed by atoms with Gasteiger partial charge in [0.2, 0.25) is 5.78 Å². The molecule has 3 N–H and O–H groups in total. The number of nitrogens with two attached hydrogens (primary N) is 1. The number of thiophene rings is 1. The molecule has 8 heteroatoms. The highest BCUT2D eigenvalue weighted by Crippen LogP contribution is 2.39. The number of aromatic nitrogens is 1. The van der Waals surface area contributed by atoms with Gasteiger partial charge in [0.05, 0.1) is 5.00 Å². The molecule has 2 aromatic heterocycles. The Hall–Kier alpha value is -2.61. The number of aryl methyl sites for hydroxylation is 1. The molecule has 0 saturated heterocycles. The second kappa shape index (κ2) is 7.67. The summed E-state index contributed by atoms with van der Waals surface area (Å²) in [5.41, 5.74) is 8.77. The highest BCUT2D eigenvalue weighted by molar-refractivity contribution is 7.23. The second-order valence-electron chi connectivity index (χ2n) is 6.83. The van der Waals surface area contributed by atoms with E-state index in [1.54, 1.807) is 11.3 Å². The Labute approximate surface area is 181 Å². The number of rotatable bonds is 5. The lowest BCUT2D eigenvalue weighted by Crippen LogP contribution is -2.09. The highest BCUT2D eigenvalue weighted by Gasteiger charge is 2.19. The number of carbonyl (C=O) groups excluding carboxylic acids is 1. The monoisotopic (exact) mass is 442 g/mol. The fourth-order valence-corrected chi connectivity index (χ4v) is 5.18. The first-order valence-corrected chi connectivity index (χ1v) is 10.9. The zero-order chi connectivity index (χ0) is 20.7. The van der Waals surface area contributed by atoms with Crippen molar-refractivity contribution in [2.45, 2.75) is 6.92 Å². The quantitative estimate of drug-likeness (QED) is 0.374. The van der Waals surface area contributed by atoms with Crippen molar-refractivity contribution in [2.24, 2.45) is 0 Å². The van der Waals surface area contributed by atoms with Crippen LogP contribution in [0.1, 0.15) is 20.8 Å². The van der Waals surface area contributed by atoms with Crippen LogP contribution in [0.5, 0.6) is 0 Å². The molecule has 0 spiro atoms. The summed E-state index contributed by atoms with van der Waals surface area (Å²) in [6.07, 6.45) is 0. The number of hydrogen-bond donors (Lipinski definition) is 2. The minimum absolute atomic E-state index is 0.127. The van der Waals surface area contributed by atoms with Crippen LogP contribution in [0, 0.1) is 6.92 Å². The number of nitrogens with one attached hydrogen (secondary N) is 1. The van der Waals surface area contributed by atoms with Crippen LogP contribution in [0.25, 0.3) is 10.1 Å². The summed E-state index contributed by atoms with van der Waals surface area (Å²) in [7, 11) is 3.92. The summed E-state index contributed by atoms with van der Waals surface area (Å²) in [5, 5.41) is 6.68. The standard InChI is InChI=1S/C21H19ClN4OS2/c1-11-15-10-13(22)6-9-16(15)28-20(11)25-21-24-19(23)18(29-21)17(27)12-4-7-14(8-5-12)26(2)3/h4-10H,23H2,1-3H3,(H,24,25). The van der Waals surface area contributed by atoms with Crippen LogP contribution in [0.15, 0.2) is 42.5 Å². The van der Waals surface area contributed by atoms with Crippen molar-refractivity contribution in [3.05, 3.63) is 63.5 Å². The number of benzene rings is 2. The smallest absolute Gasteiger partial charge is 0.206 e. The lowest BCUT2D eigenvalue weighted by atomic mass is 10.1. The fraction of sp³-hybridized carbons (Fsp3) is 0.143. The number of ketones is 1. The summed E-state index contributed by atoms with van der Waals surface area (Å²) in [4.78, 5) is 19.7. The molecular formula is C21H19ClN4OS2. The summed E-state index contributed by atoms with van der Waals surface area (Å²) in [6.45, 7) is 2.03. The number of hydrogen-bond acceptors (Lipinski definition) is 7. The van der Waals surface area contributed by atoms with E-state index < -0.39 is 0 Å². The van der Waals surface area contributed by atoms with Gasteiger partial charge < -0.3 is 16.0 Å². The number of nitrogens with zero attached hydrogens (tertiary/aromatic N) is 2. The molecule has 2 aromatic carbocycles. The third-order valence-electron chi connectivity index (χ3n) is 4.62. The average molecular weight is 443 g/mol. The molecule has 0 aliphatic rings. The minimum atomic E-state index is -0.127. The maximum absolute atomic E-state index is 12.9. The molecule has 0 saturated carbocycles. The van der Waals surface area contributed by atoms with Crippen molar-refractivity contribution in [1.29, 1.82) is 0 Å². The molecule has 0 atom stereocenters. The van der Waals surface area contributed by atoms with Crippen LogP contribution in [0.3, 0.4) is 0 Å². The van der Waals surface area contributed by atoms with E-state index in [-0.39, 0.29) is 11.6 Å². The molecule has 0 unspecified atom stereocenters. The highest BCUT2D eigenvalue weighted by atomic mass is 35.5. The zero-order valence-electron chi connectivity index (χ0n) is 16.1. The van der Waals surface area contributed by atoms with E-state index in [0.717, 1.165) is 26.3 Å². The topological polar surface area (TPSA) is 71.2 Å². The van der Waals surface area contributed by atoms with Gasteiger partial charge in [-0.15, -0.1) is 11.3 Å². The van der Waals surface area contributed by atoms with Crippen LogP contribution in [-0.2, 0) is 0 Å². The molecule has 4 aromatic rings. The molecule has 0 aliphatic carbocycles. The van der Waals surface area contributed by atoms with Gasteiger partial charge in [0.25, 0.3) is 0 Å². The van der Waals surface area contributed by atoms with E-state index in [0.29, 0.717) is 20.6 Å². The maximum atomic E-state index is 12.9. The number of thiazole rings is 1. The van der Waals surface area contributed by atoms with Crippen LogP contribution in [0.2, 0.25) is 5.02 Å². The first kappa shape index (κ1) is 19.7. The zero-order valence-corrected chi connectivity index (χ0v) is 18.5. The summed E-state index contributed by atoms with van der Waals surface area (Å²) < 4.78 is 1.14. The predicted molar refractivity (Wildman–Crippen MR) is 126 cm³/mol. The van der Waals surface area contributed by atoms with Crippen molar-refractivity contribution in [1.82, 2.24) is 4.98 Å². The summed E-state index contributed by atoms with van der Waals surface area (Å²) in [5.74, 6) is 0.110.